The summed E-state index contributed by atoms with van der Waals surface area (Å²) in [5, 5.41) is 13.0. The number of likely N-dealkylation sites (tertiary alicyclic amines) is 1. The van der Waals surface area contributed by atoms with Gasteiger partial charge < -0.3 is 15.3 Å². The third kappa shape index (κ3) is 4.30. The van der Waals surface area contributed by atoms with E-state index in [1.54, 1.807) is 6.20 Å². The molecule has 0 bridgehead atoms. The fourth-order valence-electron chi connectivity index (χ4n) is 2.42. The summed E-state index contributed by atoms with van der Waals surface area (Å²) in [6, 6.07) is 0. The minimum atomic E-state index is 0.293. The average Bonchev–Trinajstić information content (AvgIpc) is 2.43. The van der Waals surface area contributed by atoms with Crippen LogP contribution < -0.4 is 5.32 Å². The van der Waals surface area contributed by atoms with Gasteiger partial charge in [0, 0.05) is 26.2 Å². The Kier molecular flexibility index (Phi) is 5.36. The maximum atomic E-state index is 9.20. The van der Waals surface area contributed by atoms with Crippen molar-refractivity contribution >= 4 is 17.4 Å². The zero-order valence-corrected chi connectivity index (χ0v) is 12.0. The molecule has 2 rings (SSSR count). The Labute approximate surface area is 119 Å². The number of hydrogen-bond donors (Lipinski definition) is 2. The van der Waals surface area contributed by atoms with Gasteiger partial charge in [-0.25, -0.2) is 9.97 Å². The van der Waals surface area contributed by atoms with Crippen LogP contribution in [0.25, 0.3) is 0 Å². The number of nitrogens with one attached hydrogen (secondary N) is 1. The Balaban J connectivity index is 1.78. The van der Waals surface area contributed by atoms with Crippen molar-refractivity contribution in [1.29, 1.82) is 0 Å². The number of aliphatic hydroxyl groups is 1. The lowest BCUT2D eigenvalue weighted by atomic mass is 9.99. The first kappa shape index (κ1) is 14.5. The number of nitrogens with zero attached hydrogens (tertiary/aromatic N) is 3. The third-order valence-corrected chi connectivity index (χ3v) is 3.72. The Bertz CT molecular complexity index is 416. The van der Waals surface area contributed by atoms with Crippen molar-refractivity contribution in [3.05, 3.63) is 17.0 Å². The molecule has 1 aromatic heterocycles. The molecule has 0 aromatic carbocycles. The molecule has 1 saturated heterocycles. The smallest absolute Gasteiger partial charge is 0.148 e. The molecule has 1 aliphatic rings. The summed E-state index contributed by atoms with van der Waals surface area (Å²) in [6.07, 6.45) is 3.92. The van der Waals surface area contributed by atoms with E-state index in [9.17, 15) is 5.11 Å². The topological polar surface area (TPSA) is 61.3 Å². The van der Waals surface area contributed by atoms with Gasteiger partial charge in [0.2, 0.25) is 0 Å². The molecule has 0 aliphatic carbocycles. The number of rotatable bonds is 5. The first-order valence-electron chi connectivity index (χ1n) is 6.75. The monoisotopic (exact) mass is 284 g/mol. The summed E-state index contributed by atoms with van der Waals surface area (Å²) in [6.45, 7) is 5.96. The zero-order valence-electron chi connectivity index (χ0n) is 11.3. The van der Waals surface area contributed by atoms with Gasteiger partial charge in [-0.15, -0.1) is 0 Å². The van der Waals surface area contributed by atoms with Crippen LogP contribution in [0.2, 0.25) is 5.02 Å². The van der Waals surface area contributed by atoms with Gasteiger partial charge in [-0.3, -0.25) is 0 Å². The highest BCUT2D eigenvalue weighted by atomic mass is 35.5. The maximum absolute atomic E-state index is 9.20. The van der Waals surface area contributed by atoms with Gasteiger partial charge in [-0.2, -0.15) is 0 Å². The molecular weight excluding hydrogens is 264 g/mol. The molecule has 5 nitrogen and oxygen atoms in total. The molecule has 1 atom stereocenters. The Morgan fingerprint density at radius 2 is 2.42 bits per heavy atom. The molecule has 0 radical (unpaired) electrons. The molecule has 6 heteroatoms. The number of anilines is 1. The van der Waals surface area contributed by atoms with E-state index in [0.29, 0.717) is 29.2 Å². The summed E-state index contributed by atoms with van der Waals surface area (Å²) in [7, 11) is 0. The second kappa shape index (κ2) is 7.03. The number of aromatic nitrogens is 2. The normalized spacial score (nSPS) is 20.5. The minimum absolute atomic E-state index is 0.293. The van der Waals surface area contributed by atoms with Crippen LogP contribution in [0.3, 0.4) is 0 Å². The average molecular weight is 285 g/mol. The molecule has 0 spiro atoms. The van der Waals surface area contributed by atoms with E-state index in [1.807, 2.05) is 6.92 Å². The first-order valence-corrected chi connectivity index (χ1v) is 7.13. The van der Waals surface area contributed by atoms with E-state index in [4.69, 9.17) is 11.6 Å². The Hall–Kier alpha value is -0.910. The van der Waals surface area contributed by atoms with Crippen LogP contribution in [0, 0.1) is 12.8 Å². The molecule has 0 saturated carbocycles. The van der Waals surface area contributed by atoms with Gasteiger partial charge in [0.25, 0.3) is 0 Å². The zero-order chi connectivity index (χ0) is 13.7. The van der Waals surface area contributed by atoms with Gasteiger partial charge in [-0.1, -0.05) is 11.6 Å². The fourth-order valence-corrected chi connectivity index (χ4v) is 2.57. The predicted molar refractivity (Wildman–Crippen MR) is 76.5 cm³/mol. The first-order chi connectivity index (χ1) is 9.19. The summed E-state index contributed by atoms with van der Waals surface area (Å²) in [5.41, 5.74) is 0. The standard InChI is InChI=1S/C13H21ClN4O/c1-10-16-7-12(14)13(17-10)15-4-6-18-5-2-3-11(8-18)9-19/h7,11,19H,2-6,8-9H2,1H3,(H,15,16,17). The van der Waals surface area contributed by atoms with Crippen molar-refractivity contribution in [2.24, 2.45) is 5.92 Å². The lowest BCUT2D eigenvalue weighted by Gasteiger charge is -2.31. The second-order valence-electron chi connectivity index (χ2n) is 5.03. The van der Waals surface area contributed by atoms with Crippen LogP contribution in [0.5, 0.6) is 0 Å². The molecule has 1 aromatic rings. The number of aryl methyl sites for hydroxylation is 1. The van der Waals surface area contributed by atoms with Crippen LogP contribution in [0.15, 0.2) is 6.20 Å². The Morgan fingerprint density at radius 3 is 3.21 bits per heavy atom. The molecule has 19 heavy (non-hydrogen) atoms. The fraction of sp³-hybridized carbons (Fsp3) is 0.692. The highest BCUT2D eigenvalue weighted by molar-refractivity contribution is 6.32. The van der Waals surface area contributed by atoms with E-state index in [-0.39, 0.29) is 0 Å². The van der Waals surface area contributed by atoms with Crippen LogP contribution in [-0.4, -0.2) is 52.8 Å². The maximum Gasteiger partial charge on any atom is 0.148 e. The number of piperidine rings is 1. The Morgan fingerprint density at radius 1 is 1.58 bits per heavy atom. The summed E-state index contributed by atoms with van der Waals surface area (Å²) >= 11 is 6.03. The quantitative estimate of drug-likeness (QED) is 0.859. The molecule has 0 amide bonds. The van der Waals surface area contributed by atoms with Gasteiger partial charge in [0.05, 0.1) is 6.20 Å². The van der Waals surface area contributed by atoms with Crippen LogP contribution >= 0.6 is 11.6 Å². The van der Waals surface area contributed by atoms with Crippen LogP contribution in [-0.2, 0) is 0 Å². The SMILES string of the molecule is Cc1ncc(Cl)c(NCCN2CCCC(CO)C2)n1. The van der Waals surface area contributed by atoms with Gasteiger partial charge >= 0.3 is 0 Å². The predicted octanol–water partition coefficient (Wildman–Crippen LogP) is 1.55. The highest BCUT2D eigenvalue weighted by Crippen LogP contribution is 2.18. The van der Waals surface area contributed by atoms with Crippen molar-refractivity contribution in [2.75, 3.05) is 38.1 Å². The van der Waals surface area contributed by atoms with E-state index < -0.39 is 0 Å². The molecule has 2 heterocycles. The lowest BCUT2D eigenvalue weighted by molar-refractivity contribution is 0.123. The van der Waals surface area contributed by atoms with Crippen molar-refractivity contribution in [3.63, 3.8) is 0 Å². The number of aliphatic hydroxyl groups excluding tert-OH is 1. The van der Waals surface area contributed by atoms with E-state index in [2.05, 4.69) is 20.2 Å². The molecule has 106 valence electrons. The molecule has 2 N–H and O–H groups in total. The summed E-state index contributed by atoms with van der Waals surface area (Å²) in [5.74, 6) is 1.84. The highest BCUT2D eigenvalue weighted by Gasteiger charge is 2.18. The van der Waals surface area contributed by atoms with Gasteiger partial charge in [-0.05, 0) is 32.2 Å². The number of hydrogen-bond acceptors (Lipinski definition) is 5. The van der Waals surface area contributed by atoms with E-state index in [1.165, 1.54) is 6.42 Å². The number of halogens is 1. The molecule has 1 unspecified atom stereocenters. The van der Waals surface area contributed by atoms with E-state index >= 15 is 0 Å². The van der Waals surface area contributed by atoms with Crippen molar-refractivity contribution in [1.82, 2.24) is 14.9 Å². The van der Waals surface area contributed by atoms with E-state index in [0.717, 1.165) is 32.6 Å². The lowest BCUT2D eigenvalue weighted by Crippen LogP contribution is -2.39. The van der Waals surface area contributed by atoms with Crippen LogP contribution in [0.4, 0.5) is 5.82 Å². The largest absolute Gasteiger partial charge is 0.396 e. The summed E-state index contributed by atoms with van der Waals surface area (Å²) in [4.78, 5) is 10.7. The second-order valence-corrected chi connectivity index (χ2v) is 5.44. The summed E-state index contributed by atoms with van der Waals surface area (Å²) < 4.78 is 0. The van der Waals surface area contributed by atoms with Crippen LogP contribution in [0.1, 0.15) is 18.7 Å². The van der Waals surface area contributed by atoms with Crippen molar-refractivity contribution in [3.8, 4) is 0 Å². The minimum Gasteiger partial charge on any atom is -0.396 e. The molecule has 1 fully saturated rings. The third-order valence-electron chi connectivity index (χ3n) is 3.45. The van der Waals surface area contributed by atoms with Gasteiger partial charge in [0.15, 0.2) is 0 Å². The van der Waals surface area contributed by atoms with Gasteiger partial charge in [0.1, 0.15) is 16.7 Å². The van der Waals surface area contributed by atoms with Crippen molar-refractivity contribution in [2.45, 2.75) is 19.8 Å². The van der Waals surface area contributed by atoms with Crippen molar-refractivity contribution < 1.29 is 5.11 Å². The molecule has 1 aliphatic heterocycles. The molecular formula is C13H21ClN4O.